The van der Waals surface area contributed by atoms with Gasteiger partial charge in [0.2, 0.25) is 0 Å². The zero-order valence-corrected chi connectivity index (χ0v) is 15.8. The maximum atomic E-state index is 12.7. The lowest BCUT2D eigenvalue weighted by atomic mass is 10.1. The van der Waals surface area contributed by atoms with Crippen LogP contribution < -0.4 is 9.62 Å². The maximum Gasteiger partial charge on any atom is 0.261 e. The number of halogens is 1. The minimum Gasteiger partial charge on any atom is -0.378 e. The number of rotatable bonds is 4. The van der Waals surface area contributed by atoms with Gasteiger partial charge in [-0.15, -0.1) is 0 Å². The molecule has 0 amide bonds. The number of hydrogen-bond donors (Lipinski definition) is 1. The molecule has 5 nitrogen and oxygen atoms in total. The van der Waals surface area contributed by atoms with Crippen LogP contribution in [-0.2, 0) is 14.8 Å². The highest BCUT2D eigenvalue weighted by Crippen LogP contribution is 2.27. The van der Waals surface area contributed by atoms with Gasteiger partial charge in [0.15, 0.2) is 0 Å². The zero-order valence-electron chi connectivity index (χ0n) is 14.3. The number of anilines is 2. The summed E-state index contributed by atoms with van der Waals surface area (Å²) in [4.78, 5) is 2.34. The van der Waals surface area contributed by atoms with Crippen molar-refractivity contribution < 1.29 is 13.2 Å². The molecular weight excluding hydrogens is 360 g/mol. The van der Waals surface area contributed by atoms with Crippen LogP contribution in [0.5, 0.6) is 0 Å². The minimum atomic E-state index is -3.70. The molecule has 2 aromatic rings. The molecular formula is C18H21ClN2O3S. The standard InChI is InChI=1S/C18H21ClN2O3S/c1-13-4-6-16(12-17(13)19)25(22,23)20-18-11-15(5-3-14(18)2)21-7-9-24-10-8-21/h3-6,11-12,20H,7-10H2,1-2H3. The summed E-state index contributed by atoms with van der Waals surface area (Å²) in [6.07, 6.45) is 0. The number of ether oxygens (including phenoxy) is 1. The lowest BCUT2D eigenvalue weighted by molar-refractivity contribution is 0.122. The number of morpholine rings is 1. The summed E-state index contributed by atoms with van der Waals surface area (Å²) in [7, 11) is -3.70. The molecule has 0 spiro atoms. The molecule has 0 saturated carbocycles. The van der Waals surface area contributed by atoms with Gasteiger partial charge < -0.3 is 9.64 Å². The Kier molecular flexibility index (Phi) is 5.22. The number of nitrogens with one attached hydrogen (secondary N) is 1. The molecule has 0 atom stereocenters. The first-order valence-corrected chi connectivity index (χ1v) is 9.95. The normalized spacial score (nSPS) is 15.2. The monoisotopic (exact) mass is 380 g/mol. The first-order valence-electron chi connectivity index (χ1n) is 8.09. The van der Waals surface area contributed by atoms with Crippen molar-refractivity contribution in [2.75, 3.05) is 35.9 Å². The Morgan fingerprint density at radius 3 is 2.40 bits per heavy atom. The molecule has 0 bridgehead atoms. The van der Waals surface area contributed by atoms with Crippen LogP contribution in [0.15, 0.2) is 41.3 Å². The van der Waals surface area contributed by atoms with Crippen LogP contribution in [-0.4, -0.2) is 34.7 Å². The van der Waals surface area contributed by atoms with E-state index in [9.17, 15) is 8.42 Å². The van der Waals surface area contributed by atoms with E-state index in [-0.39, 0.29) is 4.90 Å². The first-order chi connectivity index (χ1) is 11.9. The Bertz CT molecular complexity index is 878. The Hall–Kier alpha value is -1.76. The van der Waals surface area contributed by atoms with E-state index < -0.39 is 10.0 Å². The van der Waals surface area contributed by atoms with Crippen molar-refractivity contribution in [2.45, 2.75) is 18.7 Å². The van der Waals surface area contributed by atoms with Crippen molar-refractivity contribution in [3.05, 3.63) is 52.5 Å². The molecule has 1 heterocycles. The highest BCUT2D eigenvalue weighted by molar-refractivity contribution is 7.92. The van der Waals surface area contributed by atoms with Crippen LogP contribution in [0.25, 0.3) is 0 Å². The largest absolute Gasteiger partial charge is 0.378 e. The molecule has 1 fully saturated rings. The van der Waals surface area contributed by atoms with Gasteiger partial charge in [-0.2, -0.15) is 0 Å². The van der Waals surface area contributed by atoms with Gasteiger partial charge in [0, 0.05) is 23.8 Å². The Morgan fingerprint density at radius 1 is 1.04 bits per heavy atom. The third kappa shape index (κ3) is 4.08. The molecule has 0 radical (unpaired) electrons. The van der Waals surface area contributed by atoms with Gasteiger partial charge >= 0.3 is 0 Å². The lowest BCUT2D eigenvalue weighted by Gasteiger charge is -2.29. The average molecular weight is 381 g/mol. The molecule has 25 heavy (non-hydrogen) atoms. The number of sulfonamides is 1. The van der Waals surface area contributed by atoms with Gasteiger partial charge in [0.1, 0.15) is 0 Å². The van der Waals surface area contributed by atoms with Gasteiger partial charge in [-0.3, -0.25) is 4.72 Å². The van der Waals surface area contributed by atoms with Crippen molar-refractivity contribution in [2.24, 2.45) is 0 Å². The summed E-state index contributed by atoms with van der Waals surface area (Å²) < 4.78 is 33.5. The van der Waals surface area contributed by atoms with Crippen molar-refractivity contribution in [1.82, 2.24) is 0 Å². The van der Waals surface area contributed by atoms with E-state index in [0.717, 1.165) is 29.9 Å². The molecule has 7 heteroatoms. The molecule has 0 unspecified atom stereocenters. The van der Waals surface area contributed by atoms with E-state index in [1.54, 1.807) is 12.1 Å². The van der Waals surface area contributed by atoms with E-state index in [2.05, 4.69) is 9.62 Å². The Balaban J connectivity index is 1.89. The van der Waals surface area contributed by atoms with Crippen molar-refractivity contribution >= 4 is 33.0 Å². The molecule has 2 aromatic carbocycles. The predicted molar refractivity (Wildman–Crippen MR) is 101 cm³/mol. The average Bonchev–Trinajstić information content (AvgIpc) is 2.60. The van der Waals surface area contributed by atoms with Crippen LogP contribution in [0, 0.1) is 13.8 Å². The maximum absolute atomic E-state index is 12.7. The summed E-state index contributed by atoms with van der Waals surface area (Å²) in [6, 6.07) is 10.5. The van der Waals surface area contributed by atoms with Gasteiger partial charge in [-0.25, -0.2) is 8.42 Å². The first kappa shape index (κ1) is 18.0. The second-order valence-corrected chi connectivity index (χ2v) is 8.20. The highest BCUT2D eigenvalue weighted by Gasteiger charge is 2.18. The van der Waals surface area contributed by atoms with Crippen LogP contribution in [0.2, 0.25) is 5.02 Å². The predicted octanol–water partition coefficient (Wildman–Crippen LogP) is 3.59. The number of benzene rings is 2. The second-order valence-electron chi connectivity index (χ2n) is 6.12. The number of nitrogens with zero attached hydrogens (tertiary/aromatic N) is 1. The Labute approximate surface area is 153 Å². The minimum absolute atomic E-state index is 0.152. The summed E-state index contributed by atoms with van der Waals surface area (Å²) in [5.41, 5.74) is 3.25. The molecule has 1 saturated heterocycles. The van der Waals surface area contributed by atoms with E-state index >= 15 is 0 Å². The van der Waals surface area contributed by atoms with Gasteiger partial charge in [-0.1, -0.05) is 23.7 Å². The molecule has 134 valence electrons. The number of aryl methyl sites for hydroxylation is 2. The second kappa shape index (κ2) is 7.23. The SMILES string of the molecule is Cc1ccc(S(=O)(=O)Nc2cc(N3CCOCC3)ccc2C)cc1Cl. The van der Waals surface area contributed by atoms with E-state index in [4.69, 9.17) is 16.3 Å². The van der Waals surface area contributed by atoms with E-state index in [1.807, 2.05) is 32.0 Å². The fourth-order valence-corrected chi connectivity index (χ4v) is 4.08. The van der Waals surface area contributed by atoms with Crippen LogP contribution in [0.4, 0.5) is 11.4 Å². The van der Waals surface area contributed by atoms with Crippen LogP contribution >= 0.6 is 11.6 Å². The molecule has 1 N–H and O–H groups in total. The lowest BCUT2D eigenvalue weighted by Crippen LogP contribution is -2.36. The van der Waals surface area contributed by atoms with E-state index in [1.165, 1.54) is 6.07 Å². The summed E-state index contributed by atoms with van der Waals surface area (Å²) in [6.45, 7) is 6.66. The highest BCUT2D eigenvalue weighted by atomic mass is 35.5. The van der Waals surface area contributed by atoms with Crippen molar-refractivity contribution in [3.63, 3.8) is 0 Å². The number of hydrogen-bond acceptors (Lipinski definition) is 4. The summed E-state index contributed by atoms with van der Waals surface area (Å²) in [5.74, 6) is 0. The third-order valence-corrected chi connectivity index (χ3v) is 6.07. The molecule has 3 rings (SSSR count). The quantitative estimate of drug-likeness (QED) is 0.880. The molecule has 0 aromatic heterocycles. The summed E-state index contributed by atoms with van der Waals surface area (Å²) >= 11 is 6.07. The van der Waals surface area contributed by atoms with Crippen LogP contribution in [0.1, 0.15) is 11.1 Å². The van der Waals surface area contributed by atoms with Gasteiger partial charge in [0.25, 0.3) is 10.0 Å². The Morgan fingerprint density at radius 2 is 1.72 bits per heavy atom. The van der Waals surface area contributed by atoms with Gasteiger partial charge in [-0.05, 0) is 49.2 Å². The molecule has 1 aliphatic heterocycles. The smallest absolute Gasteiger partial charge is 0.261 e. The fraction of sp³-hybridized carbons (Fsp3) is 0.333. The van der Waals surface area contributed by atoms with Crippen molar-refractivity contribution in [1.29, 1.82) is 0 Å². The van der Waals surface area contributed by atoms with Crippen molar-refractivity contribution in [3.8, 4) is 0 Å². The third-order valence-electron chi connectivity index (χ3n) is 4.30. The fourth-order valence-electron chi connectivity index (χ4n) is 2.68. The molecule has 1 aliphatic rings. The van der Waals surface area contributed by atoms with E-state index in [0.29, 0.717) is 23.9 Å². The molecule has 0 aliphatic carbocycles. The summed E-state index contributed by atoms with van der Waals surface area (Å²) in [5, 5.41) is 0.432. The zero-order chi connectivity index (χ0) is 18.0. The topological polar surface area (TPSA) is 58.6 Å². The van der Waals surface area contributed by atoms with Crippen LogP contribution in [0.3, 0.4) is 0 Å². The van der Waals surface area contributed by atoms with Gasteiger partial charge in [0.05, 0.1) is 23.8 Å².